The molecule has 0 aromatic carbocycles. The Hall–Kier alpha value is -0.710. The SMILES string of the molecule is CCCN(CCC)C(=O)C1CSCN1C(=O)CC. The van der Waals surface area contributed by atoms with Gasteiger partial charge < -0.3 is 9.80 Å². The van der Waals surface area contributed by atoms with Crippen LogP contribution in [0.3, 0.4) is 0 Å². The summed E-state index contributed by atoms with van der Waals surface area (Å²) in [7, 11) is 0. The lowest BCUT2D eigenvalue weighted by molar-refractivity contribution is -0.143. The summed E-state index contributed by atoms with van der Waals surface area (Å²) in [5.74, 6) is 1.63. The van der Waals surface area contributed by atoms with Crippen molar-refractivity contribution in [3.63, 3.8) is 0 Å². The first kappa shape index (κ1) is 15.3. The van der Waals surface area contributed by atoms with Gasteiger partial charge in [0.1, 0.15) is 6.04 Å². The molecular formula is C13H24N2O2S. The van der Waals surface area contributed by atoms with Crippen molar-refractivity contribution in [2.45, 2.75) is 46.1 Å². The first-order valence-electron chi connectivity index (χ1n) is 6.81. The number of rotatable bonds is 6. The molecule has 1 heterocycles. The first-order valence-corrected chi connectivity index (χ1v) is 7.97. The molecule has 0 N–H and O–H groups in total. The summed E-state index contributed by atoms with van der Waals surface area (Å²) in [6.07, 6.45) is 2.41. The van der Waals surface area contributed by atoms with Crippen LogP contribution in [0.4, 0.5) is 0 Å². The molecule has 104 valence electrons. The molecule has 4 nitrogen and oxygen atoms in total. The fraction of sp³-hybridized carbons (Fsp3) is 0.846. The number of hydrogen-bond acceptors (Lipinski definition) is 3. The zero-order chi connectivity index (χ0) is 13.5. The summed E-state index contributed by atoms with van der Waals surface area (Å²) < 4.78 is 0. The Labute approximate surface area is 114 Å². The van der Waals surface area contributed by atoms with Crippen molar-refractivity contribution in [3.05, 3.63) is 0 Å². The Bertz CT molecular complexity index is 291. The predicted molar refractivity (Wildman–Crippen MR) is 75.4 cm³/mol. The molecule has 2 amide bonds. The van der Waals surface area contributed by atoms with E-state index in [9.17, 15) is 9.59 Å². The molecule has 1 atom stereocenters. The molecule has 0 radical (unpaired) electrons. The maximum absolute atomic E-state index is 12.5. The van der Waals surface area contributed by atoms with Gasteiger partial charge in [0.25, 0.3) is 0 Å². The maximum Gasteiger partial charge on any atom is 0.246 e. The highest BCUT2D eigenvalue weighted by molar-refractivity contribution is 7.99. The monoisotopic (exact) mass is 272 g/mol. The smallest absolute Gasteiger partial charge is 0.246 e. The van der Waals surface area contributed by atoms with E-state index in [1.807, 2.05) is 11.8 Å². The number of thioether (sulfide) groups is 1. The van der Waals surface area contributed by atoms with Crippen molar-refractivity contribution in [1.29, 1.82) is 0 Å². The zero-order valence-corrected chi connectivity index (χ0v) is 12.5. The van der Waals surface area contributed by atoms with Crippen LogP contribution in [0, 0.1) is 0 Å². The maximum atomic E-state index is 12.5. The van der Waals surface area contributed by atoms with Gasteiger partial charge in [-0.25, -0.2) is 0 Å². The summed E-state index contributed by atoms with van der Waals surface area (Å²) in [5.41, 5.74) is 0. The van der Waals surface area contributed by atoms with Gasteiger partial charge in [0.05, 0.1) is 5.88 Å². The van der Waals surface area contributed by atoms with Crippen molar-refractivity contribution in [2.75, 3.05) is 24.7 Å². The summed E-state index contributed by atoms with van der Waals surface area (Å²) in [6, 6.07) is -0.236. The van der Waals surface area contributed by atoms with Crippen molar-refractivity contribution in [3.8, 4) is 0 Å². The van der Waals surface area contributed by atoms with E-state index in [0.29, 0.717) is 12.3 Å². The zero-order valence-electron chi connectivity index (χ0n) is 11.6. The lowest BCUT2D eigenvalue weighted by Crippen LogP contribution is -2.49. The predicted octanol–water partition coefficient (Wildman–Crippen LogP) is 1.95. The topological polar surface area (TPSA) is 40.6 Å². The van der Waals surface area contributed by atoms with E-state index in [0.717, 1.165) is 31.7 Å². The van der Waals surface area contributed by atoms with Crippen LogP contribution in [0.1, 0.15) is 40.0 Å². The highest BCUT2D eigenvalue weighted by Crippen LogP contribution is 2.23. The molecule has 0 aromatic heterocycles. The van der Waals surface area contributed by atoms with Gasteiger partial charge in [-0.1, -0.05) is 20.8 Å². The summed E-state index contributed by atoms with van der Waals surface area (Å²) in [6.45, 7) is 7.59. The largest absolute Gasteiger partial charge is 0.341 e. The third kappa shape index (κ3) is 3.64. The number of carbonyl (C=O) groups is 2. The standard InChI is InChI=1S/C13H24N2O2S/c1-4-7-14(8-5-2)13(17)11-9-18-10-15(11)12(16)6-3/h11H,4-10H2,1-3H3. The summed E-state index contributed by atoms with van der Waals surface area (Å²) in [4.78, 5) is 27.9. The molecule has 18 heavy (non-hydrogen) atoms. The lowest BCUT2D eigenvalue weighted by Gasteiger charge is -2.29. The molecule has 1 fully saturated rings. The van der Waals surface area contributed by atoms with Gasteiger partial charge >= 0.3 is 0 Å². The second kappa shape index (κ2) is 7.67. The summed E-state index contributed by atoms with van der Waals surface area (Å²) in [5, 5.41) is 0. The summed E-state index contributed by atoms with van der Waals surface area (Å²) >= 11 is 1.67. The number of nitrogens with zero attached hydrogens (tertiary/aromatic N) is 2. The number of carbonyl (C=O) groups excluding carboxylic acids is 2. The fourth-order valence-electron chi connectivity index (χ4n) is 2.18. The van der Waals surface area contributed by atoms with Crippen LogP contribution in [0.5, 0.6) is 0 Å². The van der Waals surface area contributed by atoms with Gasteiger partial charge in [0.15, 0.2) is 0 Å². The minimum absolute atomic E-state index is 0.0892. The van der Waals surface area contributed by atoms with Crippen LogP contribution < -0.4 is 0 Å². The lowest BCUT2D eigenvalue weighted by atomic mass is 10.2. The fourth-order valence-corrected chi connectivity index (χ4v) is 3.35. The average Bonchev–Trinajstić information content (AvgIpc) is 2.86. The Kier molecular flexibility index (Phi) is 6.54. The highest BCUT2D eigenvalue weighted by atomic mass is 32.2. The molecule has 0 aliphatic carbocycles. The average molecular weight is 272 g/mol. The van der Waals surface area contributed by atoms with Gasteiger partial charge in [0.2, 0.25) is 11.8 Å². The quantitative estimate of drug-likeness (QED) is 0.742. The molecule has 1 saturated heterocycles. The Balaban J connectivity index is 2.70. The second-order valence-electron chi connectivity index (χ2n) is 4.56. The highest BCUT2D eigenvalue weighted by Gasteiger charge is 2.35. The van der Waals surface area contributed by atoms with Gasteiger partial charge in [-0.3, -0.25) is 9.59 Å². The van der Waals surface area contributed by atoms with Gasteiger partial charge in [-0.05, 0) is 12.8 Å². The van der Waals surface area contributed by atoms with E-state index >= 15 is 0 Å². The van der Waals surface area contributed by atoms with Gasteiger partial charge in [0, 0.05) is 25.3 Å². The minimum atomic E-state index is -0.236. The van der Waals surface area contributed by atoms with Gasteiger partial charge in [-0.2, -0.15) is 0 Å². The third-order valence-corrected chi connectivity index (χ3v) is 4.10. The minimum Gasteiger partial charge on any atom is -0.341 e. The molecule has 0 aromatic rings. The van der Waals surface area contributed by atoms with E-state index < -0.39 is 0 Å². The second-order valence-corrected chi connectivity index (χ2v) is 5.56. The number of hydrogen-bond donors (Lipinski definition) is 0. The van der Waals surface area contributed by atoms with E-state index in [2.05, 4.69) is 13.8 Å². The van der Waals surface area contributed by atoms with Crippen LogP contribution in [0.2, 0.25) is 0 Å². The van der Waals surface area contributed by atoms with Gasteiger partial charge in [-0.15, -0.1) is 11.8 Å². The van der Waals surface area contributed by atoms with E-state index in [1.54, 1.807) is 16.7 Å². The van der Waals surface area contributed by atoms with E-state index in [-0.39, 0.29) is 17.9 Å². The molecule has 1 rings (SSSR count). The molecule has 1 unspecified atom stereocenters. The van der Waals surface area contributed by atoms with Crippen LogP contribution in [-0.4, -0.2) is 52.4 Å². The Morgan fingerprint density at radius 3 is 2.33 bits per heavy atom. The molecule has 1 aliphatic heterocycles. The molecule has 0 saturated carbocycles. The van der Waals surface area contributed by atoms with Crippen LogP contribution >= 0.6 is 11.8 Å². The molecule has 0 bridgehead atoms. The van der Waals surface area contributed by atoms with Crippen molar-refractivity contribution >= 4 is 23.6 Å². The van der Waals surface area contributed by atoms with Crippen molar-refractivity contribution < 1.29 is 9.59 Å². The molecule has 0 spiro atoms. The third-order valence-electron chi connectivity index (χ3n) is 3.09. The van der Waals surface area contributed by atoms with Crippen LogP contribution in [0.25, 0.3) is 0 Å². The normalized spacial score (nSPS) is 19.1. The van der Waals surface area contributed by atoms with E-state index in [4.69, 9.17) is 0 Å². The van der Waals surface area contributed by atoms with Crippen LogP contribution in [0.15, 0.2) is 0 Å². The molecule has 1 aliphatic rings. The number of amides is 2. The Morgan fingerprint density at radius 1 is 1.22 bits per heavy atom. The first-order chi connectivity index (χ1) is 8.65. The van der Waals surface area contributed by atoms with Crippen molar-refractivity contribution in [1.82, 2.24) is 9.80 Å². The van der Waals surface area contributed by atoms with Crippen molar-refractivity contribution in [2.24, 2.45) is 0 Å². The molecular weight excluding hydrogens is 248 g/mol. The van der Waals surface area contributed by atoms with E-state index in [1.165, 1.54) is 0 Å². The molecule has 5 heteroatoms. The van der Waals surface area contributed by atoms with Crippen LogP contribution in [-0.2, 0) is 9.59 Å². The Morgan fingerprint density at radius 2 is 1.83 bits per heavy atom.